The number of carbonyl (C=O) groups is 2. The van der Waals surface area contributed by atoms with Crippen LogP contribution in [0.4, 0.5) is 4.79 Å². The fourth-order valence-corrected chi connectivity index (χ4v) is 2.15. The van der Waals surface area contributed by atoms with Crippen LogP contribution in [0.25, 0.3) is 0 Å². The van der Waals surface area contributed by atoms with Crippen LogP contribution < -0.4 is 10.6 Å². The molecule has 0 heterocycles. The quantitative estimate of drug-likeness (QED) is 0.767. The number of nitrogens with one attached hydrogen (secondary N) is 2. The van der Waals surface area contributed by atoms with Crippen molar-refractivity contribution in [3.63, 3.8) is 0 Å². The van der Waals surface area contributed by atoms with Gasteiger partial charge in [0.05, 0.1) is 7.11 Å². The molecule has 0 spiro atoms. The van der Waals surface area contributed by atoms with Crippen molar-refractivity contribution in [1.82, 2.24) is 10.6 Å². The van der Waals surface area contributed by atoms with E-state index < -0.39 is 17.2 Å². The Balaban J connectivity index is 2.30. The van der Waals surface area contributed by atoms with E-state index >= 15 is 0 Å². The molecule has 0 bridgehead atoms. The van der Waals surface area contributed by atoms with Gasteiger partial charge in [0.25, 0.3) is 0 Å². The third-order valence-corrected chi connectivity index (χ3v) is 3.12. The molecule has 0 unspecified atom stereocenters. The Morgan fingerprint density at radius 1 is 1.05 bits per heavy atom. The molecule has 1 fully saturated rings. The monoisotopic (exact) mass is 286 g/mol. The van der Waals surface area contributed by atoms with Crippen LogP contribution in [0, 0.1) is 0 Å². The average molecular weight is 286 g/mol. The first-order chi connectivity index (χ1) is 9.03. The molecule has 1 aliphatic carbocycles. The lowest BCUT2D eigenvalue weighted by Gasteiger charge is -2.40. The van der Waals surface area contributed by atoms with E-state index in [4.69, 9.17) is 9.47 Å². The Hall–Kier alpha value is -1.30. The Labute approximate surface area is 120 Å². The van der Waals surface area contributed by atoms with E-state index in [1.807, 2.05) is 20.8 Å². The predicted molar refractivity (Wildman–Crippen MR) is 75.4 cm³/mol. The minimum Gasteiger partial charge on any atom is -0.468 e. The van der Waals surface area contributed by atoms with E-state index in [9.17, 15) is 9.59 Å². The second kappa shape index (κ2) is 5.99. The molecule has 0 saturated heterocycles. The average Bonchev–Trinajstić information content (AvgIpc) is 2.22. The Morgan fingerprint density at radius 3 is 2.05 bits per heavy atom. The van der Waals surface area contributed by atoms with Gasteiger partial charge in [-0.2, -0.15) is 0 Å². The van der Waals surface area contributed by atoms with Gasteiger partial charge >= 0.3 is 12.1 Å². The van der Waals surface area contributed by atoms with Gasteiger partial charge in [-0.25, -0.2) is 4.79 Å². The molecule has 6 nitrogen and oxygen atoms in total. The number of alkyl carbamates (subject to hydrolysis) is 1. The van der Waals surface area contributed by atoms with Gasteiger partial charge in [0.15, 0.2) is 0 Å². The van der Waals surface area contributed by atoms with Crippen molar-refractivity contribution in [1.29, 1.82) is 0 Å². The molecule has 20 heavy (non-hydrogen) atoms. The zero-order valence-corrected chi connectivity index (χ0v) is 13.2. The van der Waals surface area contributed by atoms with E-state index in [1.54, 1.807) is 13.8 Å². The molecule has 0 aromatic carbocycles. The first kappa shape index (κ1) is 16.8. The maximum absolute atomic E-state index is 11.6. The lowest BCUT2D eigenvalue weighted by molar-refractivity contribution is -0.147. The number of esters is 1. The van der Waals surface area contributed by atoms with Crippen molar-refractivity contribution >= 4 is 12.1 Å². The summed E-state index contributed by atoms with van der Waals surface area (Å²) < 4.78 is 9.93. The molecular weight excluding hydrogens is 260 g/mol. The normalized spacial score (nSPS) is 22.7. The molecule has 6 heteroatoms. The number of hydrogen-bond donors (Lipinski definition) is 2. The number of amides is 1. The molecule has 0 aromatic heterocycles. The summed E-state index contributed by atoms with van der Waals surface area (Å²) in [6, 6.07) is 0.292. The minimum atomic E-state index is -0.712. The fraction of sp³-hybridized carbons (Fsp3) is 0.857. The molecule has 0 atom stereocenters. The third-order valence-electron chi connectivity index (χ3n) is 3.12. The second-order valence-electron chi connectivity index (χ2n) is 6.77. The van der Waals surface area contributed by atoms with Gasteiger partial charge < -0.3 is 14.8 Å². The highest BCUT2D eigenvalue weighted by Gasteiger charge is 2.38. The smallest absolute Gasteiger partial charge is 0.407 e. The number of rotatable bonds is 4. The van der Waals surface area contributed by atoms with E-state index in [0.29, 0.717) is 0 Å². The Bertz CT molecular complexity index is 368. The first-order valence-corrected chi connectivity index (χ1v) is 6.89. The summed E-state index contributed by atoms with van der Waals surface area (Å²) in [5.74, 6) is -0.291. The maximum Gasteiger partial charge on any atom is 0.407 e. The topological polar surface area (TPSA) is 76.7 Å². The van der Waals surface area contributed by atoms with Gasteiger partial charge in [0.2, 0.25) is 0 Å². The fourth-order valence-electron chi connectivity index (χ4n) is 2.15. The molecule has 1 saturated carbocycles. The van der Waals surface area contributed by atoms with Gasteiger partial charge in [-0.1, -0.05) is 0 Å². The van der Waals surface area contributed by atoms with Crippen molar-refractivity contribution in [2.45, 2.75) is 70.7 Å². The zero-order chi connectivity index (χ0) is 15.6. The van der Waals surface area contributed by atoms with Gasteiger partial charge in [0, 0.05) is 12.1 Å². The van der Waals surface area contributed by atoms with Gasteiger partial charge in [-0.05, 0) is 47.5 Å². The molecule has 1 rings (SSSR count). The van der Waals surface area contributed by atoms with Crippen LogP contribution >= 0.6 is 0 Å². The van der Waals surface area contributed by atoms with E-state index in [1.165, 1.54) is 7.11 Å². The summed E-state index contributed by atoms with van der Waals surface area (Å²) in [6.07, 6.45) is 1.16. The van der Waals surface area contributed by atoms with Crippen LogP contribution in [0.15, 0.2) is 0 Å². The first-order valence-electron chi connectivity index (χ1n) is 6.89. The molecule has 0 radical (unpaired) electrons. The van der Waals surface area contributed by atoms with Crippen molar-refractivity contribution in [2.75, 3.05) is 7.11 Å². The van der Waals surface area contributed by atoms with Crippen LogP contribution in [-0.2, 0) is 14.3 Å². The van der Waals surface area contributed by atoms with Crippen LogP contribution in [0.2, 0.25) is 0 Å². The van der Waals surface area contributed by atoms with Crippen molar-refractivity contribution in [3.05, 3.63) is 0 Å². The molecule has 116 valence electrons. The number of methoxy groups -OCH3 is 1. The van der Waals surface area contributed by atoms with E-state index in [0.717, 1.165) is 12.8 Å². The third kappa shape index (κ3) is 5.00. The maximum atomic E-state index is 11.6. The molecule has 0 aromatic rings. The standard InChI is InChI=1S/C14H26N2O4/c1-13(2,3)20-12(18)15-9-7-10(8-9)16-14(4,5)11(17)19-6/h9-10,16H,7-8H2,1-6H3,(H,15,18). The van der Waals surface area contributed by atoms with Crippen LogP contribution in [0.5, 0.6) is 0 Å². The second-order valence-corrected chi connectivity index (χ2v) is 6.77. The van der Waals surface area contributed by atoms with Crippen LogP contribution in [0.3, 0.4) is 0 Å². The summed E-state index contributed by atoms with van der Waals surface area (Å²) in [4.78, 5) is 23.1. The van der Waals surface area contributed by atoms with Crippen LogP contribution in [-0.4, -0.2) is 42.4 Å². The highest BCUT2D eigenvalue weighted by molar-refractivity contribution is 5.79. The van der Waals surface area contributed by atoms with E-state index in [-0.39, 0.29) is 18.1 Å². The van der Waals surface area contributed by atoms with Crippen molar-refractivity contribution < 1.29 is 19.1 Å². The highest BCUT2D eigenvalue weighted by Crippen LogP contribution is 2.23. The Morgan fingerprint density at radius 2 is 1.60 bits per heavy atom. The van der Waals surface area contributed by atoms with Crippen LogP contribution in [0.1, 0.15) is 47.5 Å². The van der Waals surface area contributed by atoms with Crippen molar-refractivity contribution in [2.24, 2.45) is 0 Å². The minimum absolute atomic E-state index is 0.0933. The zero-order valence-electron chi connectivity index (χ0n) is 13.2. The number of hydrogen-bond acceptors (Lipinski definition) is 5. The lowest BCUT2D eigenvalue weighted by Crippen LogP contribution is -2.60. The largest absolute Gasteiger partial charge is 0.468 e. The number of carbonyl (C=O) groups excluding carboxylic acids is 2. The summed E-state index contributed by atoms with van der Waals surface area (Å²) >= 11 is 0. The molecular formula is C14H26N2O4. The SMILES string of the molecule is COC(=O)C(C)(C)NC1CC(NC(=O)OC(C)(C)C)C1. The van der Waals surface area contributed by atoms with Crippen molar-refractivity contribution in [3.8, 4) is 0 Å². The lowest BCUT2D eigenvalue weighted by atomic mass is 9.85. The van der Waals surface area contributed by atoms with Gasteiger partial charge in [-0.15, -0.1) is 0 Å². The van der Waals surface area contributed by atoms with Gasteiger partial charge in [0.1, 0.15) is 11.1 Å². The molecule has 1 amide bonds. The van der Waals surface area contributed by atoms with Gasteiger partial charge in [-0.3, -0.25) is 10.1 Å². The van der Waals surface area contributed by atoms with E-state index in [2.05, 4.69) is 10.6 Å². The summed E-state index contributed by atoms with van der Waals surface area (Å²) in [5, 5.41) is 6.04. The Kier molecular flexibility index (Phi) is 5.02. The highest BCUT2D eigenvalue weighted by atomic mass is 16.6. The molecule has 2 N–H and O–H groups in total. The summed E-state index contributed by atoms with van der Waals surface area (Å²) in [7, 11) is 1.37. The number of ether oxygens (including phenoxy) is 2. The molecule has 0 aliphatic heterocycles. The summed E-state index contributed by atoms with van der Waals surface area (Å²) in [5.41, 5.74) is -1.20. The predicted octanol–water partition coefficient (Wildman–Crippen LogP) is 1.58. The summed E-state index contributed by atoms with van der Waals surface area (Å²) in [6.45, 7) is 9.06. The molecule has 1 aliphatic rings.